The maximum atomic E-state index is 9.41. The van der Waals surface area contributed by atoms with Crippen molar-refractivity contribution in [2.24, 2.45) is 5.16 Å². The zero-order valence-corrected chi connectivity index (χ0v) is 16.8. The van der Waals surface area contributed by atoms with E-state index in [0.717, 1.165) is 34.4 Å². The predicted molar refractivity (Wildman–Crippen MR) is 115 cm³/mol. The Morgan fingerprint density at radius 3 is 2.43 bits per heavy atom. The van der Waals surface area contributed by atoms with Crippen molar-refractivity contribution in [3.63, 3.8) is 0 Å². The highest BCUT2D eigenvalue weighted by molar-refractivity contribution is 5.98. The minimum atomic E-state index is 0.0640. The van der Waals surface area contributed by atoms with Gasteiger partial charge in [-0.15, -0.1) is 0 Å². The highest BCUT2D eigenvalue weighted by Gasteiger charge is 2.06. The molecule has 0 saturated carbocycles. The van der Waals surface area contributed by atoms with Crippen LogP contribution in [0.4, 0.5) is 0 Å². The first-order valence-corrected chi connectivity index (χ1v) is 9.67. The molecule has 3 aromatic carbocycles. The zero-order valence-electron chi connectivity index (χ0n) is 16.8. The summed E-state index contributed by atoms with van der Waals surface area (Å²) in [6, 6.07) is 22.8. The Hall–Kier alpha value is -2.91. The summed E-state index contributed by atoms with van der Waals surface area (Å²) in [5, 5.41) is 13.7. The number of aliphatic hydroxyl groups is 1. The van der Waals surface area contributed by atoms with Gasteiger partial charge in [0.15, 0.2) is 0 Å². The minimum absolute atomic E-state index is 0.0640. The van der Waals surface area contributed by atoms with Crippen LogP contribution in [0.1, 0.15) is 41.7 Å². The van der Waals surface area contributed by atoms with Crippen molar-refractivity contribution < 1.29 is 9.94 Å². The number of rotatable bonds is 7. The summed E-state index contributed by atoms with van der Waals surface area (Å²) in [5.74, 6) is 0. The highest BCUT2D eigenvalue weighted by Crippen LogP contribution is 2.24. The fourth-order valence-electron chi connectivity index (χ4n) is 3.35. The second kappa shape index (κ2) is 9.34. The fraction of sp³-hybridized carbons (Fsp3) is 0.240. The zero-order chi connectivity index (χ0) is 19.9. The molecule has 0 spiro atoms. The first-order chi connectivity index (χ1) is 13.6. The van der Waals surface area contributed by atoms with Gasteiger partial charge in [0.1, 0.15) is 6.61 Å². The van der Waals surface area contributed by atoms with Crippen LogP contribution in [0.3, 0.4) is 0 Å². The van der Waals surface area contributed by atoms with Crippen molar-refractivity contribution in [3.8, 4) is 11.1 Å². The van der Waals surface area contributed by atoms with Crippen molar-refractivity contribution >= 4 is 5.71 Å². The lowest BCUT2D eigenvalue weighted by Crippen LogP contribution is -2.01. The topological polar surface area (TPSA) is 41.8 Å². The van der Waals surface area contributed by atoms with E-state index >= 15 is 0 Å². The van der Waals surface area contributed by atoms with Crippen molar-refractivity contribution in [3.05, 3.63) is 94.5 Å². The fourth-order valence-corrected chi connectivity index (χ4v) is 3.35. The largest absolute Gasteiger partial charge is 0.392 e. The molecule has 144 valence electrons. The van der Waals surface area contributed by atoms with Crippen LogP contribution in [0, 0.1) is 6.92 Å². The standard InChI is InChI=1S/C25H27NO2/c1-4-21-15-23(11-12-24(21)16-27)19(3)26-28-17-20-10-13-25(18(2)14-20)22-8-6-5-7-9-22/h5-15,27H,4,16-17H2,1-3H3/b26-19+. The van der Waals surface area contributed by atoms with Crippen molar-refractivity contribution in [2.45, 2.75) is 40.4 Å². The molecule has 28 heavy (non-hydrogen) atoms. The van der Waals surface area contributed by atoms with Gasteiger partial charge in [-0.25, -0.2) is 0 Å². The molecule has 3 nitrogen and oxygen atoms in total. The van der Waals surface area contributed by atoms with Gasteiger partial charge in [0.2, 0.25) is 0 Å². The Bertz CT molecular complexity index is 962. The number of benzene rings is 3. The van der Waals surface area contributed by atoms with Gasteiger partial charge in [-0.3, -0.25) is 0 Å². The summed E-state index contributed by atoms with van der Waals surface area (Å²) < 4.78 is 0. The van der Waals surface area contributed by atoms with E-state index in [-0.39, 0.29) is 6.61 Å². The molecule has 0 bridgehead atoms. The third-order valence-corrected chi connectivity index (χ3v) is 4.98. The number of aliphatic hydroxyl groups excluding tert-OH is 1. The van der Waals surface area contributed by atoms with Crippen LogP contribution in [-0.4, -0.2) is 10.8 Å². The molecule has 3 rings (SSSR count). The van der Waals surface area contributed by atoms with Crippen LogP contribution in [-0.2, 0) is 24.5 Å². The molecule has 3 aromatic rings. The second-order valence-electron chi connectivity index (χ2n) is 6.96. The van der Waals surface area contributed by atoms with Gasteiger partial charge < -0.3 is 9.94 Å². The molecule has 0 radical (unpaired) electrons. The van der Waals surface area contributed by atoms with Crippen LogP contribution >= 0.6 is 0 Å². The second-order valence-corrected chi connectivity index (χ2v) is 6.96. The SMILES string of the molecule is CCc1cc(/C(C)=N/OCc2ccc(-c3ccccc3)c(C)c2)ccc1CO. The summed E-state index contributed by atoms with van der Waals surface area (Å²) in [7, 11) is 0. The molecule has 0 atom stereocenters. The van der Waals surface area contributed by atoms with Gasteiger partial charge in [0.25, 0.3) is 0 Å². The Balaban J connectivity index is 1.68. The van der Waals surface area contributed by atoms with Gasteiger partial charge in [0, 0.05) is 0 Å². The number of aryl methyl sites for hydroxylation is 2. The van der Waals surface area contributed by atoms with E-state index in [2.05, 4.69) is 67.5 Å². The number of oxime groups is 1. The number of hydrogen-bond donors (Lipinski definition) is 1. The van der Waals surface area contributed by atoms with E-state index in [1.165, 1.54) is 16.7 Å². The van der Waals surface area contributed by atoms with E-state index in [1.807, 2.05) is 25.1 Å². The Labute approximate surface area is 167 Å². The monoisotopic (exact) mass is 373 g/mol. The first-order valence-electron chi connectivity index (χ1n) is 9.67. The van der Waals surface area contributed by atoms with E-state index in [0.29, 0.717) is 6.61 Å². The average Bonchev–Trinajstić information content (AvgIpc) is 2.73. The van der Waals surface area contributed by atoms with Crippen LogP contribution in [0.25, 0.3) is 11.1 Å². The summed E-state index contributed by atoms with van der Waals surface area (Å²) in [6.07, 6.45) is 0.880. The normalized spacial score (nSPS) is 11.5. The minimum Gasteiger partial charge on any atom is -0.392 e. The Morgan fingerprint density at radius 2 is 1.75 bits per heavy atom. The molecule has 0 aromatic heterocycles. The summed E-state index contributed by atoms with van der Waals surface area (Å²) >= 11 is 0. The van der Waals surface area contributed by atoms with Crippen LogP contribution in [0.15, 0.2) is 71.9 Å². The molecule has 0 amide bonds. The van der Waals surface area contributed by atoms with Crippen molar-refractivity contribution in [1.29, 1.82) is 0 Å². The van der Waals surface area contributed by atoms with Crippen LogP contribution < -0.4 is 0 Å². The van der Waals surface area contributed by atoms with Crippen molar-refractivity contribution in [2.75, 3.05) is 0 Å². The molecule has 3 heteroatoms. The van der Waals surface area contributed by atoms with E-state index in [4.69, 9.17) is 4.84 Å². The van der Waals surface area contributed by atoms with E-state index in [9.17, 15) is 5.11 Å². The van der Waals surface area contributed by atoms with Gasteiger partial charge in [-0.2, -0.15) is 0 Å². The van der Waals surface area contributed by atoms with Crippen LogP contribution in [0.5, 0.6) is 0 Å². The molecule has 0 saturated heterocycles. The predicted octanol–water partition coefficient (Wildman–Crippen LogP) is 5.66. The average molecular weight is 373 g/mol. The molecule has 0 aliphatic heterocycles. The number of hydrogen-bond acceptors (Lipinski definition) is 3. The quantitative estimate of drug-likeness (QED) is 0.429. The van der Waals surface area contributed by atoms with E-state index in [1.54, 1.807) is 0 Å². The molecule has 0 unspecified atom stereocenters. The maximum Gasteiger partial charge on any atom is 0.142 e. The molecule has 1 N–H and O–H groups in total. The molecule has 0 heterocycles. The third-order valence-electron chi connectivity index (χ3n) is 4.98. The lowest BCUT2D eigenvalue weighted by molar-refractivity contribution is 0.130. The molecular formula is C25H27NO2. The smallest absolute Gasteiger partial charge is 0.142 e. The Kier molecular flexibility index (Phi) is 6.62. The maximum absolute atomic E-state index is 9.41. The van der Waals surface area contributed by atoms with Gasteiger partial charge in [-0.05, 0) is 65.3 Å². The first kappa shape index (κ1) is 19.8. The Morgan fingerprint density at radius 1 is 0.964 bits per heavy atom. The van der Waals surface area contributed by atoms with Gasteiger partial charge in [0.05, 0.1) is 12.3 Å². The van der Waals surface area contributed by atoms with Gasteiger partial charge >= 0.3 is 0 Å². The lowest BCUT2D eigenvalue weighted by Gasteiger charge is -2.10. The van der Waals surface area contributed by atoms with Gasteiger partial charge in [-0.1, -0.05) is 72.7 Å². The third kappa shape index (κ3) is 4.68. The van der Waals surface area contributed by atoms with E-state index < -0.39 is 0 Å². The summed E-state index contributed by atoms with van der Waals surface area (Å²) in [4.78, 5) is 5.61. The summed E-state index contributed by atoms with van der Waals surface area (Å²) in [5.41, 5.74) is 8.73. The molecule has 0 aliphatic carbocycles. The molecule has 0 aliphatic rings. The highest BCUT2D eigenvalue weighted by atomic mass is 16.6. The summed E-state index contributed by atoms with van der Waals surface area (Å²) in [6.45, 7) is 6.65. The van der Waals surface area contributed by atoms with Crippen molar-refractivity contribution in [1.82, 2.24) is 0 Å². The molecular weight excluding hydrogens is 346 g/mol. The molecule has 0 fully saturated rings. The number of nitrogens with zero attached hydrogens (tertiary/aromatic N) is 1. The lowest BCUT2D eigenvalue weighted by atomic mass is 9.99. The van der Waals surface area contributed by atoms with Crippen LogP contribution in [0.2, 0.25) is 0 Å².